The van der Waals surface area contributed by atoms with Gasteiger partial charge in [-0.05, 0) is 49.4 Å². The summed E-state index contributed by atoms with van der Waals surface area (Å²) in [5.41, 5.74) is 1.97. The number of amides is 1. The van der Waals surface area contributed by atoms with Gasteiger partial charge in [0, 0.05) is 16.1 Å². The van der Waals surface area contributed by atoms with Gasteiger partial charge in [0.2, 0.25) is 0 Å². The van der Waals surface area contributed by atoms with Gasteiger partial charge in [-0.15, -0.1) is 0 Å². The minimum Gasteiger partial charge on any atom is -0.494 e. The number of rotatable bonds is 5. The lowest BCUT2D eigenvalue weighted by Gasteiger charge is -2.32. The molecule has 132 valence electrons. The Morgan fingerprint density at radius 3 is 2.52 bits per heavy atom. The first-order valence-electron chi connectivity index (χ1n) is 8.76. The Hall–Kier alpha value is -2.04. The molecule has 1 fully saturated rings. The van der Waals surface area contributed by atoms with Gasteiger partial charge < -0.3 is 14.5 Å². The van der Waals surface area contributed by atoms with Crippen molar-refractivity contribution >= 4 is 17.5 Å². The number of benzene rings is 2. The van der Waals surface area contributed by atoms with Crippen LogP contribution in [0.5, 0.6) is 5.75 Å². The van der Waals surface area contributed by atoms with Gasteiger partial charge in [0.1, 0.15) is 12.3 Å². The van der Waals surface area contributed by atoms with Crippen molar-refractivity contribution in [3.63, 3.8) is 0 Å². The lowest BCUT2D eigenvalue weighted by molar-refractivity contribution is -0.917. The number of carbonyl (C=O) groups is 1. The standard InChI is InChI=1S/C20H23ClN2O2/c1-2-25-19-8-6-16(7-9-19)15-22-10-12-23(13-11-22)20(24)17-4-3-5-18(21)14-17/h3-9,14H,2,10-13,15H2,1H3/p+1. The molecule has 25 heavy (non-hydrogen) atoms. The Morgan fingerprint density at radius 2 is 1.88 bits per heavy atom. The number of nitrogens with one attached hydrogen (secondary N) is 1. The van der Waals surface area contributed by atoms with Crippen LogP contribution in [0, 0.1) is 0 Å². The number of piperazine rings is 1. The Morgan fingerprint density at radius 1 is 1.16 bits per heavy atom. The van der Waals surface area contributed by atoms with E-state index in [4.69, 9.17) is 16.3 Å². The molecule has 0 saturated carbocycles. The molecule has 2 aromatic carbocycles. The predicted octanol–water partition coefficient (Wildman–Crippen LogP) is 2.28. The lowest BCUT2D eigenvalue weighted by Crippen LogP contribution is -3.13. The third-order valence-electron chi connectivity index (χ3n) is 4.52. The van der Waals surface area contributed by atoms with E-state index in [-0.39, 0.29) is 5.91 Å². The van der Waals surface area contributed by atoms with Crippen LogP contribution in [-0.2, 0) is 6.54 Å². The van der Waals surface area contributed by atoms with Crippen LogP contribution in [-0.4, -0.2) is 43.6 Å². The maximum Gasteiger partial charge on any atom is 0.254 e. The maximum atomic E-state index is 12.6. The molecule has 0 atom stereocenters. The van der Waals surface area contributed by atoms with Crippen LogP contribution in [0.3, 0.4) is 0 Å². The summed E-state index contributed by atoms with van der Waals surface area (Å²) in [5.74, 6) is 0.987. The second-order valence-electron chi connectivity index (χ2n) is 6.31. The minimum atomic E-state index is 0.0719. The van der Waals surface area contributed by atoms with Crippen molar-refractivity contribution in [2.75, 3.05) is 32.8 Å². The topological polar surface area (TPSA) is 34.0 Å². The molecule has 4 nitrogen and oxygen atoms in total. The van der Waals surface area contributed by atoms with E-state index in [0.717, 1.165) is 38.5 Å². The van der Waals surface area contributed by atoms with E-state index >= 15 is 0 Å². The summed E-state index contributed by atoms with van der Waals surface area (Å²) in [4.78, 5) is 16.0. The Balaban J connectivity index is 1.52. The second-order valence-corrected chi connectivity index (χ2v) is 6.74. The van der Waals surface area contributed by atoms with Crippen molar-refractivity contribution in [2.24, 2.45) is 0 Å². The molecule has 0 aliphatic carbocycles. The molecule has 0 radical (unpaired) electrons. The zero-order valence-electron chi connectivity index (χ0n) is 14.5. The molecule has 1 heterocycles. The van der Waals surface area contributed by atoms with Crippen molar-refractivity contribution in [3.8, 4) is 5.75 Å². The second kappa shape index (κ2) is 8.37. The first kappa shape index (κ1) is 17.8. The number of hydrogen-bond donors (Lipinski definition) is 1. The Labute approximate surface area is 154 Å². The molecule has 0 unspecified atom stereocenters. The van der Waals surface area contributed by atoms with E-state index in [9.17, 15) is 4.79 Å². The van der Waals surface area contributed by atoms with E-state index in [2.05, 4.69) is 12.1 Å². The van der Waals surface area contributed by atoms with Gasteiger partial charge in [0.15, 0.2) is 0 Å². The van der Waals surface area contributed by atoms with Gasteiger partial charge >= 0.3 is 0 Å². The van der Waals surface area contributed by atoms with Crippen LogP contribution in [0.2, 0.25) is 5.02 Å². The highest BCUT2D eigenvalue weighted by molar-refractivity contribution is 6.30. The minimum absolute atomic E-state index is 0.0719. The largest absolute Gasteiger partial charge is 0.494 e. The number of carbonyl (C=O) groups excluding carboxylic acids is 1. The molecule has 1 aliphatic heterocycles. The van der Waals surface area contributed by atoms with Crippen molar-refractivity contribution in [1.29, 1.82) is 0 Å². The molecule has 2 aromatic rings. The average Bonchev–Trinajstić information content (AvgIpc) is 2.64. The fourth-order valence-electron chi connectivity index (χ4n) is 3.17. The molecular weight excluding hydrogens is 336 g/mol. The first-order valence-corrected chi connectivity index (χ1v) is 9.13. The Bertz CT molecular complexity index is 710. The summed E-state index contributed by atoms with van der Waals surface area (Å²) in [6, 6.07) is 15.5. The van der Waals surface area contributed by atoms with Crippen LogP contribution < -0.4 is 9.64 Å². The third-order valence-corrected chi connectivity index (χ3v) is 4.75. The van der Waals surface area contributed by atoms with Gasteiger partial charge in [-0.25, -0.2) is 0 Å². The zero-order chi connectivity index (χ0) is 17.6. The molecule has 1 amide bonds. The first-order chi connectivity index (χ1) is 12.2. The summed E-state index contributed by atoms with van der Waals surface area (Å²) in [6.45, 7) is 7.12. The molecule has 0 bridgehead atoms. The van der Waals surface area contributed by atoms with E-state index in [1.807, 2.05) is 36.1 Å². The smallest absolute Gasteiger partial charge is 0.254 e. The molecule has 0 aromatic heterocycles. The molecule has 3 rings (SSSR count). The summed E-state index contributed by atoms with van der Waals surface area (Å²) in [5, 5.41) is 0.602. The van der Waals surface area contributed by atoms with Crippen molar-refractivity contribution in [3.05, 3.63) is 64.7 Å². The molecule has 0 spiro atoms. The highest BCUT2D eigenvalue weighted by atomic mass is 35.5. The van der Waals surface area contributed by atoms with Gasteiger partial charge in [-0.3, -0.25) is 4.79 Å². The Kier molecular flexibility index (Phi) is 5.95. The van der Waals surface area contributed by atoms with Crippen molar-refractivity contribution in [2.45, 2.75) is 13.5 Å². The van der Waals surface area contributed by atoms with Gasteiger partial charge in [0.05, 0.1) is 32.8 Å². The SMILES string of the molecule is CCOc1ccc(C[NH+]2CCN(C(=O)c3cccc(Cl)c3)CC2)cc1. The van der Waals surface area contributed by atoms with Gasteiger partial charge in [0.25, 0.3) is 5.91 Å². The normalized spacial score (nSPS) is 15.2. The van der Waals surface area contributed by atoms with Crippen LogP contribution >= 0.6 is 11.6 Å². The molecule has 1 N–H and O–H groups in total. The van der Waals surface area contributed by atoms with E-state index in [1.165, 1.54) is 10.5 Å². The van der Waals surface area contributed by atoms with Crippen LogP contribution in [0.4, 0.5) is 0 Å². The van der Waals surface area contributed by atoms with Crippen molar-refractivity contribution in [1.82, 2.24) is 4.90 Å². The van der Waals surface area contributed by atoms with E-state index < -0.39 is 0 Å². The number of hydrogen-bond acceptors (Lipinski definition) is 2. The summed E-state index contributed by atoms with van der Waals surface area (Å²) >= 11 is 5.99. The quantitative estimate of drug-likeness (QED) is 0.888. The maximum absolute atomic E-state index is 12.6. The highest BCUT2D eigenvalue weighted by Crippen LogP contribution is 2.13. The summed E-state index contributed by atoms with van der Waals surface area (Å²) in [6.07, 6.45) is 0. The van der Waals surface area contributed by atoms with Gasteiger partial charge in [-0.1, -0.05) is 17.7 Å². The zero-order valence-corrected chi connectivity index (χ0v) is 15.3. The van der Waals surface area contributed by atoms with Crippen LogP contribution in [0.15, 0.2) is 48.5 Å². The van der Waals surface area contributed by atoms with Crippen LogP contribution in [0.1, 0.15) is 22.8 Å². The molecule has 5 heteroatoms. The number of ether oxygens (including phenoxy) is 1. The number of halogens is 1. The van der Waals surface area contributed by atoms with Crippen molar-refractivity contribution < 1.29 is 14.4 Å². The summed E-state index contributed by atoms with van der Waals surface area (Å²) in [7, 11) is 0. The highest BCUT2D eigenvalue weighted by Gasteiger charge is 2.24. The fourth-order valence-corrected chi connectivity index (χ4v) is 3.36. The van der Waals surface area contributed by atoms with Crippen LogP contribution in [0.25, 0.3) is 0 Å². The van der Waals surface area contributed by atoms with Gasteiger partial charge in [-0.2, -0.15) is 0 Å². The lowest BCUT2D eigenvalue weighted by atomic mass is 10.1. The number of quaternary nitrogens is 1. The predicted molar refractivity (Wildman–Crippen MR) is 99.4 cm³/mol. The van der Waals surface area contributed by atoms with E-state index in [0.29, 0.717) is 17.2 Å². The average molecular weight is 360 g/mol. The molecule has 1 aliphatic rings. The number of nitrogens with zero attached hydrogens (tertiary/aromatic N) is 1. The third kappa shape index (κ3) is 4.74. The molecule has 1 saturated heterocycles. The fraction of sp³-hybridized carbons (Fsp3) is 0.350. The monoisotopic (exact) mass is 359 g/mol. The summed E-state index contributed by atoms with van der Waals surface area (Å²) < 4.78 is 5.48. The van der Waals surface area contributed by atoms with E-state index in [1.54, 1.807) is 12.1 Å². The molecular formula is C20H24ClN2O2+.